The normalized spacial score (nSPS) is 17.1. The van der Waals surface area contributed by atoms with E-state index < -0.39 is 0 Å². The number of benzene rings is 2. The predicted molar refractivity (Wildman–Crippen MR) is 105 cm³/mol. The molecule has 7 nitrogen and oxygen atoms in total. The summed E-state index contributed by atoms with van der Waals surface area (Å²) in [4.78, 5) is 14.0. The zero-order chi connectivity index (χ0) is 19.3. The van der Waals surface area contributed by atoms with E-state index in [9.17, 15) is 4.79 Å². The fourth-order valence-electron chi connectivity index (χ4n) is 3.72. The topological polar surface area (TPSA) is 69.5 Å². The quantitative estimate of drug-likeness (QED) is 0.587. The van der Waals surface area contributed by atoms with Crippen LogP contribution < -0.4 is 4.74 Å². The molecule has 3 aromatic rings. The van der Waals surface area contributed by atoms with E-state index in [4.69, 9.17) is 9.47 Å². The van der Waals surface area contributed by atoms with Crippen LogP contribution in [0.1, 0.15) is 18.5 Å². The predicted octanol–water partition coefficient (Wildman–Crippen LogP) is 2.65. The maximum atomic E-state index is 11.9. The number of esters is 1. The number of ether oxygens (including phenoxy) is 2. The fourth-order valence-corrected chi connectivity index (χ4v) is 3.72. The van der Waals surface area contributed by atoms with Crippen molar-refractivity contribution in [1.82, 2.24) is 19.9 Å². The van der Waals surface area contributed by atoms with Gasteiger partial charge in [-0.15, -0.1) is 5.10 Å². The van der Waals surface area contributed by atoms with Gasteiger partial charge in [0.05, 0.1) is 19.3 Å². The van der Waals surface area contributed by atoms with Crippen molar-refractivity contribution < 1.29 is 14.3 Å². The smallest absolute Gasteiger partial charge is 0.323 e. The Bertz CT molecular complexity index is 950. The largest absolute Gasteiger partial charge is 0.491 e. The molecule has 1 aliphatic rings. The van der Waals surface area contributed by atoms with Gasteiger partial charge in [0, 0.05) is 18.1 Å². The molecule has 0 unspecified atom stereocenters. The Morgan fingerprint density at radius 3 is 2.96 bits per heavy atom. The summed E-state index contributed by atoms with van der Waals surface area (Å²) in [5.41, 5.74) is 0.848. The van der Waals surface area contributed by atoms with Gasteiger partial charge in [-0.1, -0.05) is 41.6 Å². The van der Waals surface area contributed by atoms with E-state index in [-0.39, 0.29) is 12.0 Å². The zero-order valence-electron chi connectivity index (χ0n) is 16.0. The summed E-state index contributed by atoms with van der Waals surface area (Å²) in [6.45, 7) is 2.59. The minimum absolute atomic E-state index is 0.173. The molecule has 1 atom stereocenters. The summed E-state index contributed by atoms with van der Waals surface area (Å²) < 4.78 is 12.6. The molecule has 1 saturated heterocycles. The van der Waals surface area contributed by atoms with E-state index in [1.54, 1.807) is 4.68 Å². The molecule has 146 valence electrons. The van der Waals surface area contributed by atoms with Crippen molar-refractivity contribution in [1.29, 1.82) is 0 Å². The van der Waals surface area contributed by atoms with E-state index in [1.807, 2.05) is 30.5 Å². The molecule has 0 amide bonds. The summed E-state index contributed by atoms with van der Waals surface area (Å²) in [5.74, 6) is 0.699. The van der Waals surface area contributed by atoms with Gasteiger partial charge >= 0.3 is 5.97 Å². The monoisotopic (exact) mass is 380 g/mol. The van der Waals surface area contributed by atoms with Crippen molar-refractivity contribution in [2.45, 2.75) is 32.0 Å². The van der Waals surface area contributed by atoms with Gasteiger partial charge in [0.25, 0.3) is 0 Å². The maximum absolute atomic E-state index is 11.9. The fraction of sp³-hybridized carbons (Fsp3) is 0.381. The summed E-state index contributed by atoms with van der Waals surface area (Å²) in [6.07, 6.45) is 3.74. The first kappa shape index (κ1) is 18.4. The Kier molecular flexibility index (Phi) is 5.53. The molecule has 0 spiro atoms. The van der Waals surface area contributed by atoms with Crippen LogP contribution in [0.5, 0.6) is 5.75 Å². The summed E-state index contributed by atoms with van der Waals surface area (Å²) in [7, 11) is 1.44. The van der Waals surface area contributed by atoms with Crippen molar-refractivity contribution in [3.8, 4) is 5.75 Å². The van der Waals surface area contributed by atoms with Crippen molar-refractivity contribution in [2.75, 3.05) is 20.3 Å². The van der Waals surface area contributed by atoms with E-state index in [0.717, 1.165) is 41.6 Å². The lowest BCUT2D eigenvalue weighted by Crippen LogP contribution is -2.36. The minimum atomic E-state index is -0.176. The molecule has 2 heterocycles. The van der Waals surface area contributed by atoms with Gasteiger partial charge in [-0.2, -0.15) is 0 Å². The van der Waals surface area contributed by atoms with Gasteiger partial charge in [0.15, 0.2) is 0 Å². The molecule has 0 N–H and O–H groups in total. The number of fused-ring (bicyclic) bond motifs is 1. The second-order valence-corrected chi connectivity index (χ2v) is 6.95. The number of carbonyl (C=O) groups excluding carboxylic acids is 1. The summed E-state index contributed by atoms with van der Waals surface area (Å²) >= 11 is 0. The molecule has 0 saturated carbocycles. The number of methoxy groups -OCH3 is 1. The van der Waals surface area contributed by atoms with Crippen molar-refractivity contribution in [3.63, 3.8) is 0 Å². The molecule has 1 fully saturated rings. The summed E-state index contributed by atoms with van der Waals surface area (Å²) in [6, 6.07) is 14.1. The first-order valence-electron chi connectivity index (χ1n) is 9.56. The third-order valence-corrected chi connectivity index (χ3v) is 5.12. The van der Waals surface area contributed by atoms with Crippen LogP contribution in [0.15, 0.2) is 48.7 Å². The molecule has 4 rings (SSSR count). The van der Waals surface area contributed by atoms with Crippen LogP contribution in [0, 0.1) is 0 Å². The number of likely N-dealkylation sites (tertiary alicyclic amines) is 1. The average molecular weight is 380 g/mol. The van der Waals surface area contributed by atoms with Crippen LogP contribution in [0.2, 0.25) is 0 Å². The van der Waals surface area contributed by atoms with Crippen LogP contribution >= 0.6 is 0 Å². The second kappa shape index (κ2) is 8.39. The van der Waals surface area contributed by atoms with Crippen molar-refractivity contribution >= 4 is 16.7 Å². The number of nitrogens with zero attached hydrogens (tertiary/aromatic N) is 4. The van der Waals surface area contributed by atoms with Crippen LogP contribution in [0.4, 0.5) is 0 Å². The lowest BCUT2D eigenvalue weighted by Gasteiger charge is -2.20. The zero-order valence-corrected chi connectivity index (χ0v) is 16.0. The highest BCUT2D eigenvalue weighted by Gasteiger charge is 2.31. The highest BCUT2D eigenvalue weighted by atomic mass is 16.5. The standard InChI is InChI=1S/C21H24N4O3/c1-27-21(26)19-9-5-11-24(19)14-17-15-25(23-22-17)12-13-28-20-10-4-7-16-6-2-3-8-18(16)20/h2-4,6-8,10,15,19H,5,9,11-14H2,1H3/t19-/m0/s1. The Balaban J connectivity index is 1.33. The number of hydrogen-bond acceptors (Lipinski definition) is 6. The molecule has 1 aliphatic heterocycles. The van der Waals surface area contributed by atoms with Crippen LogP contribution in [-0.4, -0.2) is 52.2 Å². The third kappa shape index (κ3) is 3.99. The lowest BCUT2D eigenvalue weighted by molar-refractivity contribution is -0.146. The van der Waals surface area contributed by atoms with Gasteiger partial charge in [-0.05, 0) is 30.8 Å². The SMILES string of the molecule is COC(=O)[C@@H]1CCCN1Cc1cn(CCOc2cccc3ccccc23)nn1. The van der Waals surface area contributed by atoms with Crippen LogP contribution in [0.25, 0.3) is 10.8 Å². The third-order valence-electron chi connectivity index (χ3n) is 5.12. The van der Waals surface area contributed by atoms with Crippen LogP contribution in [0.3, 0.4) is 0 Å². The van der Waals surface area contributed by atoms with E-state index in [2.05, 4.69) is 33.4 Å². The highest BCUT2D eigenvalue weighted by molar-refractivity contribution is 5.88. The van der Waals surface area contributed by atoms with Gasteiger partial charge in [-0.25, -0.2) is 4.68 Å². The Hall–Kier alpha value is -2.93. The number of carbonyl (C=O) groups is 1. The summed E-state index contributed by atoms with van der Waals surface area (Å²) in [5, 5.41) is 10.7. The Morgan fingerprint density at radius 1 is 1.21 bits per heavy atom. The first-order chi connectivity index (χ1) is 13.7. The number of rotatable bonds is 7. The molecule has 0 aliphatic carbocycles. The van der Waals surface area contributed by atoms with Crippen molar-refractivity contribution in [3.05, 3.63) is 54.4 Å². The molecule has 2 aromatic carbocycles. The average Bonchev–Trinajstić information content (AvgIpc) is 3.37. The van der Waals surface area contributed by atoms with E-state index in [1.165, 1.54) is 7.11 Å². The molecular formula is C21H24N4O3. The molecular weight excluding hydrogens is 356 g/mol. The minimum Gasteiger partial charge on any atom is -0.491 e. The van der Waals surface area contributed by atoms with Crippen molar-refractivity contribution in [2.24, 2.45) is 0 Å². The Labute approximate surface area is 163 Å². The maximum Gasteiger partial charge on any atom is 0.323 e. The van der Waals surface area contributed by atoms with E-state index >= 15 is 0 Å². The number of hydrogen-bond donors (Lipinski definition) is 0. The van der Waals surface area contributed by atoms with Gasteiger partial charge in [-0.3, -0.25) is 9.69 Å². The highest BCUT2D eigenvalue weighted by Crippen LogP contribution is 2.25. The van der Waals surface area contributed by atoms with Gasteiger partial charge in [0.2, 0.25) is 0 Å². The lowest BCUT2D eigenvalue weighted by atomic mass is 10.1. The van der Waals surface area contributed by atoms with E-state index in [0.29, 0.717) is 19.7 Å². The molecule has 28 heavy (non-hydrogen) atoms. The number of aromatic nitrogens is 3. The van der Waals surface area contributed by atoms with Crippen LogP contribution in [-0.2, 0) is 22.6 Å². The second-order valence-electron chi connectivity index (χ2n) is 6.95. The first-order valence-corrected chi connectivity index (χ1v) is 9.56. The molecule has 0 bridgehead atoms. The Morgan fingerprint density at radius 2 is 2.07 bits per heavy atom. The van der Waals surface area contributed by atoms with Gasteiger partial charge in [0.1, 0.15) is 18.4 Å². The van der Waals surface area contributed by atoms with Gasteiger partial charge < -0.3 is 9.47 Å². The molecule has 1 aromatic heterocycles. The molecule has 7 heteroatoms. The molecule has 0 radical (unpaired) electrons.